The zero-order chi connectivity index (χ0) is 14.5. The van der Waals surface area contributed by atoms with Crippen molar-refractivity contribution >= 4 is 11.5 Å². The molecule has 0 unspecified atom stereocenters. The van der Waals surface area contributed by atoms with E-state index in [1.165, 1.54) is 10.8 Å². The molecule has 1 N–H and O–H groups in total. The molecule has 0 amide bonds. The van der Waals surface area contributed by atoms with Crippen LogP contribution in [-0.2, 0) is 6.54 Å². The largest absolute Gasteiger partial charge is 0.370 e. The van der Waals surface area contributed by atoms with Crippen molar-refractivity contribution in [3.8, 4) is 0 Å². The Bertz CT molecular complexity index is 683. The van der Waals surface area contributed by atoms with Gasteiger partial charge < -0.3 is 5.32 Å². The Kier molecular flexibility index (Phi) is 4.04. The molecule has 8 nitrogen and oxygen atoms in total. The van der Waals surface area contributed by atoms with Gasteiger partial charge >= 0.3 is 11.4 Å². The van der Waals surface area contributed by atoms with Gasteiger partial charge in [-0.1, -0.05) is 0 Å². The molecule has 0 bridgehead atoms. The minimum Gasteiger partial charge on any atom is -0.370 e. The molecule has 2 heterocycles. The highest BCUT2D eigenvalue weighted by molar-refractivity contribution is 5.37. The van der Waals surface area contributed by atoms with Crippen molar-refractivity contribution < 1.29 is 4.92 Å². The summed E-state index contributed by atoms with van der Waals surface area (Å²) in [4.78, 5) is 29.3. The third-order valence-corrected chi connectivity index (χ3v) is 2.59. The Morgan fingerprint density at radius 2 is 2.25 bits per heavy atom. The number of anilines is 1. The normalized spacial score (nSPS) is 10.2. The predicted octanol–water partition coefficient (Wildman–Crippen LogP) is 1.03. The molecule has 0 aliphatic carbocycles. The summed E-state index contributed by atoms with van der Waals surface area (Å²) in [6.45, 7) is 2.88. The summed E-state index contributed by atoms with van der Waals surface area (Å²) in [7, 11) is 0. The molecule has 104 valence electrons. The van der Waals surface area contributed by atoms with Crippen LogP contribution in [0.2, 0.25) is 0 Å². The molecule has 2 aromatic rings. The molecule has 0 atom stereocenters. The van der Waals surface area contributed by atoms with Gasteiger partial charge in [0.05, 0.1) is 17.7 Å². The van der Waals surface area contributed by atoms with Gasteiger partial charge in [-0.15, -0.1) is 0 Å². The van der Waals surface area contributed by atoms with Crippen LogP contribution in [0.3, 0.4) is 0 Å². The van der Waals surface area contributed by atoms with Crippen molar-refractivity contribution in [2.24, 2.45) is 0 Å². The number of nitrogens with zero attached hydrogens (tertiary/aromatic N) is 4. The first-order valence-electron chi connectivity index (χ1n) is 6.00. The lowest BCUT2D eigenvalue weighted by Gasteiger charge is -2.07. The fourth-order valence-electron chi connectivity index (χ4n) is 1.70. The standard InChI is InChI=1S/C12H13N5O3/c1-2-13-11-5-9(3-4-14-11)7-16-8-10(17(19)20)6-15-12(16)18/h3-6,8H,2,7H2,1H3,(H,13,14). The van der Waals surface area contributed by atoms with E-state index in [1.807, 2.05) is 6.92 Å². The van der Waals surface area contributed by atoms with Crippen LogP contribution in [-0.4, -0.2) is 26.0 Å². The lowest BCUT2D eigenvalue weighted by atomic mass is 10.2. The first-order valence-corrected chi connectivity index (χ1v) is 6.00. The molecule has 0 fully saturated rings. The Labute approximate surface area is 114 Å². The highest BCUT2D eigenvalue weighted by atomic mass is 16.6. The second-order valence-corrected chi connectivity index (χ2v) is 4.06. The van der Waals surface area contributed by atoms with Crippen LogP contribution in [0.25, 0.3) is 0 Å². The SMILES string of the molecule is CCNc1cc(Cn2cc([N+](=O)[O-])cnc2=O)ccn1. The highest BCUT2D eigenvalue weighted by Gasteiger charge is 2.09. The number of aromatic nitrogens is 3. The maximum atomic E-state index is 11.6. The van der Waals surface area contributed by atoms with Gasteiger partial charge in [0.1, 0.15) is 12.0 Å². The van der Waals surface area contributed by atoms with Crippen molar-refractivity contribution in [3.05, 3.63) is 56.9 Å². The predicted molar refractivity (Wildman–Crippen MR) is 72.7 cm³/mol. The minimum absolute atomic E-state index is 0.203. The average molecular weight is 275 g/mol. The molecule has 0 saturated heterocycles. The number of pyridine rings is 1. The number of nitro groups is 1. The molecule has 0 aliphatic heterocycles. The van der Waals surface area contributed by atoms with E-state index in [1.54, 1.807) is 18.3 Å². The summed E-state index contributed by atoms with van der Waals surface area (Å²) in [5, 5.41) is 13.7. The number of hydrogen-bond donors (Lipinski definition) is 1. The molecule has 8 heteroatoms. The Morgan fingerprint density at radius 1 is 1.45 bits per heavy atom. The molecular formula is C12H13N5O3. The van der Waals surface area contributed by atoms with Crippen LogP contribution in [0, 0.1) is 10.1 Å². The summed E-state index contributed by atoms with van der Waals surface area (Å²) in [6, 6.07) is 3.53. The van der Waals surface area contributed by atoms with Gasteiger partial charge in [0.15, 0.2) is 0 Å². The number of nitrogens with one attached hydrogen (secondary N) is 1. The topological polar surface area (TPSA) is 103 Å². The molecule has 0 aliphatic rings. The van der Waals surface area contributed by atoms with Crippen LogP contribution >= 0.6 is 0 Å². The van der Waals surface area contributed by atoms with E-state index in [0.717, 1.165) is 18.3 Å². The summed E-state index contributed by atoms with van der Waals surface area (Å²) in [6.07, 6.45) is 3.75. The van der Waals surface area contributed by atoms with E-state index >= 15 is 0 Å². The van der Waals surface area contributed by atoms with Crippen LogP contribution in [0.5, 0.6) is 0 Å². The van der Waals surface area contributed by atoms with Crippen molar-refractivity contribution in [2.75, 3.05) is 11.9 Å². The molecule has 0 aromatic carbocycles. The van der Waals surface area contributed by atoms with Crippen molar-refractivity contribution in [1.29, 1.82) is 0 Å². The zero-order valence-corrected chi connectivity index (χ0v) is 10.8. The van der Waals surface area contributed by atoms with Gasteiger partial charge in [-0.2, -0.15) is 4.98 Å². The first kappa shape index (κ1) is 13.7. The van der Waals surface area contributed by atoms with E-state index in [0.29, 0.717) is 5.82 Å². The lowest BCUT2D eigenvalue weighted by molar-refractivity contribution is -0.385. The fourth-order valence-corrected chi connectivity index (χ4v) is 1.70. The van der Waals surface area contributed by atoms with Crippen molar-refractivity contribution in [3.63, 3.8) is 0 Å². The third kappa shape index (κ3) is 3.16. The first-order chi connectivity index (χ1) is 9.60. The van der Waals surface area contributed by atoms with Gasteiger partial charge in [-0.3, -0.25) is 14.7 Å². The van der Waals surface area contributed by atoms with Gasteiger partial charge in [-0.25, -0.2) is 9.78 Å². The van der Waals surface area contributed by atoms with Gasteiger partial charge in [0.25, 0.3) is 0 Å². The van der Waals surface area contributed by atoms with E-state index < -0.39 is 10.6 Å². The zero-order valence-electron chi connectivity index (χ0n) is 10.8. The summed E-state index contributed by atoms with van der Waals surface area (Å²) in [5.41, 5.74) is 0.0586. The van der Waals surface area contributed by atoms with E-state index in [4.69, 9.17) is 0 Å². The van der Waals surface area contributed by atoms with Gasteiger partial charge in [-0.05, 0) is 24.6 Å². The molecule has 2 rings (SSSR count). The average Bonchev–Trinajstić information content (AvgIpc) is 2.42. The Hall–Kier alpha value is -2.77. The van der Waals surface area contributed by atoms with E-state index in [9.17, 15) is 14.9 Å². The lowest BCUT2D eigenvalue weighted by Crippen LogP contribution is -2.23. The Balaban J connectivity index is 2.29. The molecule has 0 saturated carbocycles. The Morgan fingerprint density at radius 3 is 2.95 bits per heavy atom. The third-order valence-electron chi connectivity index (χ3n) is 2.59. The van der Waals surface area contributed by atoms with Gasteiger partial charge in [0.2, 0.25) is 0 Å². The van der Waals surface area contributed by atoms with Crippen molar-refractivity contribution in [2.45, 2.75) is 13.5 Å². The van der Waals surface area contributed by atoms with Crippen LogP contribution in [0.15, 0.2) is 35.5 Å². The second-order valence-electron chi connectivity index (χ2n) is 4.06. The summed E-state index contributed by atoms with van der Waals surface area (Å²) >= 11 is 0. The fraction of sp³-hybridized carbons (Fsp3) is 0.250. The summed E-state index contributed by atoms with van der Waals surface area (Å²) < 4.78 is 1.20. The maximum absolute atomic E-state index is 11.6. The summed E-state index contributed by atoms with van der Waals surface area (Å²) in [5.74, 6) is 0.691. The minimum atomic E-state index is -0.584. The number of rotatable bonds is 5. The molecule has 2 aromatic heterocycles. The number of hydrogen-bond acceptors (Lipinski definition) is 6. The highest BCUT2D eigenvalue weighted by Crippen LogP contribution is 2.10. The van der Waals surface area contributed by atoms with E-state index in [2.05, 4.69) is 15.3 Å². The maximum Gasteiger partial charge on any atom is 0.348 e. The molecule has 20 heavy (non-hydrogen) atoms. The van der Waals surface area contributed by atoms with Crippen LogP contribution < -0.4 is 11.0 Å². The van der Waals surface area contributed by atoms with Crippen LogP contribution in [0.4, 0.5) is 11.5 Å². The molecular weight excluding hydrogens is 262 g/mol. The smallest absolute Gasteiger partial charge is 0.348 e. The second kappa shape index (κ2) is 5.91. The van der Waals surface area contributed by atoms with Crippen LogP contribution in [0.1, 0.15) is 12.5 Å². The molecule has 0 spiro atoms. The molecule has 0 radical (unpaired) electrons. The monoisotopic (exact) mass is 275 g/mol. The van der Waals surface area contributed by atoms with Gasteiger partial charge in [0, 0.05) is 12.7 Å². The van der Waals surface area contributed by atoms with E-state index in [-0.39, 0.29) is 12.2 Å². The van der Waals surface area contributed by atoms with Crippen molar-refractivity contribution in [1.82, 2.24) is 14.5 Å². The quantitative estimate of drug-likeness (QED) is 0.645.